The smallest absolute Gasteiger partial charge is 0.250 e. The lowest BCUT2D eigenvalue weighted by Gasteiger charge is -2.12. The Balaban J connectivity index is 2.89. The number of hydrogen-bond donors (Lipinski definition) is 2. The fourth-order valence-electron chi connectivity index (χ4n) is 1.50. The lowest BCUT2D eigenvalue weighted by molar-refractivity contribution is -0.121. The Labute approximate surface area is 119 Å². The number of ether oxygens (including phenoxy) is 1. The van der Waals surface area contributed by atoms with E-state index in [1.807, 2.05) is 13.8 Å². The van der Waals surface area contributed by atoms with Crippen molar-refractivity contribution < 1.29 is 17.9 Å². The molecule has 0 aliphatic rings. The van der Waals surface area contributed by atoms with Crippen molar-refractivity contribution in [3.8, 4) is 0 Å². The predicted octanol–water partition coefficient (Wildman–Crippen LogP) is 1.35. The summed E-state index contributed by atoms with van der Waals surface area (Å²) in [6.45, 7) is 5.48. The van der Waals surface area contributed by atoms with Gasteiger partial charge in [-0.1, -0.05) is 19.1 Å². The zero-order chi connectivity index (χ0) is 15.2. The first-order valence-electron chi connectivity index (χ1n) is 6.37. The summed E-state index contributed by atoms with van der Waals surface area (Å²) in [6.07, 6.45) is -0.0681. The van der Waals surface area contributed by atoms with Crippen LogP contribution in [0.25, 0.3) is 0 Å². The van der Waals surface area contributed by atoms with Crippen LogP contribution in [0.5, 0.6) is 0 Å². The minimum atomic E-state index is -3.62. The van der Waals surface area contributed by atoms with Crippen molar-refractivity contribution in [2.24, 2.45) is 0 Å². The number of sulfonamides is 1. The average molecular weight is 300 g/mol. The monoisotopic (exact) mass is 300 g/mol. The third-order valence-electron chi connectivity index (χ3n) is 2.33. The molecule has 0 aliphatic heterocycles. The van der Waals surface area contributed by atoms with Crippen LogP contribution in [0, 0.1) is 0 Å². The molecule has 0 aliphatic carbocycles. The van der Waals surface area contributed by atoms with Gasteiger partial charge in [0.2, 0.25) is 15.9 Å². The lowest BCUT2D eigenvalue weighted by Crippen LogP contribution is -2.26. The highest BCUT2D eigenvalue weighted by atomic mass is 32.2. The fourth-order valence-corrected chi connectivity index (χ4v) is 2.70. The van der Waals surface area contributed by atoms with Gasteiger partial charge in [-0.25, -0.2) is 13.1 Å². The molecule has 0 aromatic heterocycles. The van der Waals surface area contributed by atoms with Crippen molar-refractivity contribution in [2.75, 3.05) is 18.5 Å². The number of rotatable bonds is 7. The van der Waals surface area contributed by atoms with Crippen LogP contribution in [0.4, 0.5) is 5.69 Å². The number of amides is 1. The molecule has 0 radical (unpaired) electrons. The first kappa shape index (κ1) is 16.6. The number of anilines is 1. The molecular formula is C13H20N2O4S. The Morgan fingerprint density at radius 2 is 1.95 bits per heavy atom. The van der Waals surface area contributed by atoms with Gasteiger partial charge in [0.15, 0.2) is 0 Å². The zero-order valence-electron chi connectivity index (χ0n) is 11.8. The number of nitrogens with one attached hydrogen (secondary N) is 2. The molecule has 0 atom stereocenters. The maximum atomic E-state index is 12.0. The van der Waals surface area contributed by atoms with E-state index >= 15 is 0 Å². The van der Waals surface area contributed by atoms with E-state index in [0.29, 0.717) is 0 Å². The Kier molecular flexibility index (Phi) is 6.12. The maximum absolute atomic E-state index is 12.0. The number of para-hydroxylation sites is 1. The van der Waals surface area contributed by atoms with Gasteiger partial charge in [-0.15, -0.1) is 0 Å². The highest BCUT2D eigenvalue weighted by molar-refractivity contribution is 7.89. The zero-order valence-corrected chi connectivity index (χ0v) is 12.7. The number of carbonyl (C=O) groups is 1. The van der Waals surface area contributed by atoms with E-state index in [9.17, 15) is 13.2 Å². The van der Waals surface area contributed by atoms with Gasteiger partial charge in [0.1, 0.15) is 11.5 Å². The second kappa shape index (κ2) is 7.37. The molecule has 0 saturated carbocycles. The molecule has 1 amide bonds. The molecule has 0 unspecified atom stereocenters. The highest BCUT2D eigenvalue weighted by Gasteiger charge is 2.18. The molecule has 112 valence electrons. The molecule has 2 N–H and O–H groups in total. The molecule has 0 heterocycles. The van der Waals surface area contributed by atoms with Crippen molar-refractivity contribution in [3.63, 3.8) is 0 Å². The van der Waals surface area contributed by atoms with Crippen LogP contribution < -0.4 is 10.0 Å². The molecular weight excluding hydrogens is 280 g/mol. The van der Waals surface area contributed by atoms with Gasteiger partial charge in [0.05, 0.1) is 11.8 Å². The van der Waals surface area contributed by atoms with Gasteiger partial charge in [0, 0.05) is 6.54 Å². The number of benzene rings is 1. The minimum absolute atomic E-state index is 0.0414. The molecule has 6 nitrogen and oxygen atoms in total. The van der Waals surface area contributed by atoms with Crippen LogP contribution in [0.15, 0.2) is 29.2 Å². The van der Waals surface area contributed by atoms with E-state index in [1.54, 1.807) is 19.1 Å². The second-order valence-electron chi connectivity index (χ2n) is 4.41. The summed E-state index contributed by atoms with van der Waals surface area (Å²) < 4.78 is 31.6. The molecule has 1 aromatic rings. The SMILES string of the molecule is CCNS(=O)(=O)c1ccccc1NC(=O)COC(C)C. The van der Waals surface area contributed by atoms with Crippen LogP contribution in [-0.2, 0) is 19.6 Å². The van der Waals surface area contributed by atoms with Crippen LogP contribution in [0.3, 0.4) is 0 Å². The van der Waals surface area contributed by atoms with Gasteiger partial charge < -0.3 is 10.1 Å². The number of carbonyl (C=O) groups excluding carboxylic acids is 1. The summed E-state index contributed by atoms with van der Waals surface area (Å²) in [7, 11) is -3.62. The van der Waals surface area contributed by atoms with Crippen molar-refractivity contribution in [1.29, 1.82) is 0 Å². The van der Waals surface area contributed by atoms with E-state index < -0.39 is 15.9 Å². The Hall–Kier alpha value is -1.44. The largest absolute Gasteiger partial charge is 0.369 e. The van der Waals surface area contributed by atoms with Gasteiger partial charge in [-0.3, -0.25) is 4.79 Å². The molecule has 0 spiro atoms. The molecule has 0 fully saturated rings. The first-order valence-corrected chi connectivity index (χ1v) is 7.85. The highest BCUT2D eigenvalue weighted by Crippen LogP contribution is 2.20. The first-order chi connectivity index (χ1) is 9.36. The van der Waals surface area contributed by atoms with E-state index in [2.05, 4.69) is 10.0 Å². The lowest BCUT2D eigenvalue weighted by atomic mass is 10.3. The van der Waals surface area contributed by atoms with Gasteiger partial charge in [0.25, 0.3) is 0 Å². The number of hydrogen-bond acceptors (Lipinski definition) is 4. The minimum Gasteiger partial charge on any atom is -0.369 e. The molecule has 0 bridgehead atoms. The predicted molar refractivity (Wildman–Crippen MR) is 77.0 cm³/mol. The Bertz CT molecular complexity index is 555. The van der Waals surface area contributed by atoms with Crippen LogP contribution in [0.1, 0.15) is 20.8 Å². The summed E-state index contributed by atoms with van der Waals surface area (Å²) in [6, 6.07) is 6.24. The normalized spacial score (nSPS) is 11.6. The quantitative estimate of drug-likeness (QED) is 0.796. The topological polar surface area (TPSA) is 84.5 Å². The summed E-state index contributed by atoms with van der Waals surface area (Å²) in [5.74, 6) is -0.391. The van der Waals surface area contributed by atoms with Crippen LogP contribution >= 0.6 is 0 Å². The summed E-state index contributed by atoms with van der Waals surface area (Å²) >= 11 is 0. The van der Waals surface area contributed by atoms with E-state index in [-0.39, 0.29) is 29.8 Å². The summed E-state index contributed by atoms with van der Waals surface area (Å²) in [5, 5.41) is 2.55. The van der Waals surface area contributed by atoms with Crippen LogP contribution in [0.2, 0.25) is 0 Å². The Morgan fingerprint density at radius 1 is 1.30 bits per heavy atom. The summed E-state index contributed by atoms with van der Waals surface area (Å²) in [5.41, 5.74) is 0.241. The van der Waals surface area contributed by atoms with Crippen LogP contribution in [-0.4, -0.2) is 33.6 Å². The third-order valence-corrected chi connectivity index (χ3v) is 3.94. The van der Waals surface area contributed by atoms with E-state index in [0.717, 1.165) is 0 Å². The van der Waals surface area contributed by atoms with Gasteiger partial charge in [-0.05, 0) is 26.0 Å². The van der Waals surface area contributed by atoms with Gasteiger partial charge >= 0.3 is 0 Å². The molecule has 0 saturated heterocycles. The molecule has 1 rings (SSSR count). The summed E-state index contributed by atoms with van der Waals surface area (Å²) in [4.78, 5) is 11.7. The fraction of sp³-hybridized carbons (Fsp3) is 0.462. The van der Waals surface area contributed by atoms with Crippen molar-refractivity contribution in [3.05, 3.63) is 24.3 Å². The van der Waals surface area contributed by atoms with Crippen molar-refractivity contribution in [1.82, 2.24) is 4.72 Å². The average Bonchev–Trinajstić information content (AvgIpc) is 2.37. The molecule has 7 heteroatoms. The van der Waals surface area contributed by atoms with Crippen molar-refractivity contribution in [2.45, 2.75) is 31.8 Å². The second-order valence-corrected chi connectivity index (χ2v) is 6.14. The molecule has 1 aromatic carbocycles. The van der Waals surface area contributed by atoms with E-state index in [4.69, 9.17) is 4.74 Å². The van der Waals surface area contributed by atoms with E-state index in [1.165, 1.54) is 12.1 Å². The third kappa shape index (κ3) is 4.92. The standard InChI is InChI=1S/C13H20N2O4S/c1-4-14-20(17,18)12-8-6-5-7-11(12)15-13(16)9-19-10(2)3/h5-8,10,14H,4,9H2,1-3H3,(H,15,16). The molecule has 20 heavy (non-hydrogen) atoms. The van der Waals surface area contributed by atoms with Crippen molar-refractivity contribution >= 4 is 21.6 Å². The van der Waals surface area contributed by atoms with Gasteiger partial charge in [-0.2, -0.15) is 0 Å². The Morgan fingerprint density at radius 3 is 2.55 bits per heavy atom. The maximum Gasteiger partial charge on any atom is 0.250 e.